The standard InChI is InChI=1S/C16H12ClNO3/c17-14-4-2-1-3-11(14)7-10-15(19)18-13-8-5-12(6-9-13)16(20)21/h1-10H,(H,18,19)(H,20,21)/b10-7+. The van der Waals surface area contributed by atoms with E-state index in [1.807, 2.05) is 12.1 Å². The van der Waals surface area contributed by atoms with Crippen molar-refractivity contribution < 1.29 is 14.7 Å². The minimum atomic E-state index is -1.01. The maximum atomic E-state index is 11.8. The van der Waals surface area contributed by atoms with Crippen LogP contribution in [0, 0.1) is 0 Å². The summed E-state index contributed by atoms with van der Waals surface area (Å²) in [6.07, 6.45) is 2.98. The number of hydrogen-bond donors (Lipinski definition) is 2. The Labute approximate surface area is 126 Å². The average Bonchev–Trinajstić information content (AvgIpc) is 2.47. The van der Waals surface area contributed by atoms with E-state index in [9.17, 15) is 9.59 Å². The van der Waals surface area contributed by atoms with E-state index < -0.39 is 5.97 Å². The molecular formula is C16H12ClNO3. The number of carboxylic acid groups (broad SMARTS) is 1. The average molecular weight is 302 g/mol. The van der Waals surface area contributed by atoms with Gasteiger partial charge in [0.2, 0.25) is 5.91 Å². The lowest BCUT2D eigenvalue weighted by Crippen LogP contribution is -2.08. The van der Waals surface area contributed by atoms with Crippen molar-refractivity contribution in [2.75, 3.05) is 5.32 Å². The molecule has 0 heterocycles. The summed E-state index contributed by atoms with van der Waals surface area (Å²) < 4.78 is 0. The first-order valence-electron chi connectivity index (χ1n) is 6.13. The Morgan fingerprint density at radius 2 is 1.71 bits per heavy atom. The molecule has 0 aromatic heterocycles. The monoisotopic (exact) mass is 301 g/mol. The smallest absolute Gasteiger partial charge is 0.335 e. The van der Waals surface area contributed by atoms with Crippen molar-refractivity contribution in [3.05, 3.63) is 70.8 Å². The second kappa shape index (κ2) is 6.72. The van der Waals surface area contributed by atoms with Gasteiger partial charge in [-0.05, 0) is 42.0 Å². The fourth-order valence-corrected chi connectivity index (χ4v) is 1.85. The number of hydrogen-bond acceptors (Lipinski definition) is 2. The van der Waals surface area contributed by atoms with Gasteiger partial charge in [-0.3, -0.25) is 4.79 Å². The highest BCUT2D eigenvalue weighted by Crippen LogP contribution is 2.16. The maximum Gasteiger partial charge on any atom is 0.335 e. The summed E-state index contributed by atoms with van der Waals surface area (Å²) in [6.45, 7) is 0. The van der Waals surface area contributed by atoms with E-state index in [2.05, 4.69) is 5.32 Å². The minimum absolute atomic E-state index is 0.166. The van der Waals surface area contributed by atoms with Gasteiger partial charge in [-0.25, -0.2) is 4.79 Å². The molecule has 4 nitrogen and oxygen atoms in total. The second-order valence-corrected chi connectivity index (χ2v) is 4.63. The predicted octanol–water partition coefficient (Wildman–Crippen LogP) is 3.69. The van der Waals surface area contributed by atoms with Gasteiger partial charge in [-0.1, -0.05) is 29.8 Å². The van der Waals surface area contributed by atoms with Crippen LogP contribution in [0.1, 0.15) is 15.9 Å². The predicted molar refractivity (Wildman–Crippen MR) is 82.5 cm³/mol. The van der Waals surface area contributed by atoms with Crippen LogP contribution in [0.3, 0.4) is 0 Å². The number of rotatable bonds is 4. The van der Waals surface area contributed by atoms with Crippen molar-refractivity contribution in [3.63, 3.8) is 0 Å². The highest BCUT2D eigenvalue weighted by atomic mass is 35.5. The van der Waals surface area contributed by atoms with E-state index in [1.165, 1.54) is 30.3 Å². The van der Waals surface area contributed by atoms with Gasteiger partial charge in [0.1, 0.15) is 0 Å². The molecule has 0 fully saturated rings. The van der Waals surface area contributed by atoms with E-state index in [0.29, 0.717) is 10.7 Å². The van der Waals surface area contributed by atoms with Crippen LogP contribution in [0.5, 0.6) is 0 Å². The van der Waals surface area contributed by atoms with Gasteiger partial charge in [-0.15, -0.1) is 0 Å². The Morgan fingerprint density at radius 3 is 2.33 bits per heavy atom. The van der Waals surface area contributed by atoms with Gasteiger partial charge >= 0.3 is 5.97 Å². The Morgan fingerprint density at radius 1 is 1.05 bits per heavy atom. The van der Waals surface area contributed by atoms with Crippen LogP contribution in [0.4, 0.5) is 5.69 Å². The number of carbonyl (C=O) groups is 2. The third-order valence-corrected chi connectivity index (χ3v) is 3.06. The summed E-state index contributed by atoms with van der Waals surface area (Å²) in [6, 6.07) is 13.1. The normalized spacial score (nSPS) is 10.5. The molecule has 0 aliphatic heterocycles. The minimum Gasteiger partial charge on any atom is -0.478 e. The van der Waals surface area contributed by atoms with Crippen molar-refractivity contribution >= 4 is 35.2 Å². The Bertz CT molecular complexity index is 693. The molecule has 5 heteroatoms. The molecule has 21 heavy (non-hydrogen) atoms. The highest BCUT2D eigenvalue weighted by Gasteiger charge is 2.03. The fourth-order valence-electron chi connectivity index (χ4n) is 1.66. The van der Waals surface area contributed by atoms with E-state index >= 15 is 0 Å². The maximum absolute atomic E-state index is 11.8. The Hall–Kier alpha value is -2.59. The molecule has 0 radical (unpaired) electrons. The number of halogens is 1. The van der Waals surface area contributed by atoms with Gasteiger partial charge in [0.15, 0.2) is 0 Å². The number of nitrogens with one attached hydrogen (secondary N) is 1. The second-order valence-electron chi connectivity index (χ2n) is 4.23. The van der Waals surface area contributed by atoms with E-state index in [-0.39, 0.29) is 11.5 Å². The lowest BCUT2D eigenvalue weighted by molar-refractivity contribution is -0.111. The van der Waals surface area contributed by atoms with E-state index in [1.54, 1.807) is 18.2 Å². The molecule has 0 aliphatic rings. The van der Waals surface area contributed by atoms with Crippen LogP contribution in [-0.4, -0.2) is 17.0 Å². The van der Waals surface area contributed by atoms with Crippen LogP contribution < -0.4 is 5.32 Å². The molecular weight excluding hydrogens is 290 g/mol. The first kappa shape index (κ1) is 14.8. The van der Waals surface area contributed by atoms with Gasteiger partial charge in [0.05, 0.1) is 5.56 Å². The van der Waals surface area contributed by atoms with Crippen LogP contribution in [0.25, 0.3) is 6.08 Å². The molecule has 2 aromatic rings. The molecule has 0 spiro atoms. The number of amides is 1. The molecule has 0 bridgehead atoms. The molecule has 0 saturated carbocycles. The molecule has 2 rings (SSSR count). The lowest BCUT2D eigenvalue weighted by Gasteiger charge is -2.02. The van der Waals surface area contributed by atoms with Crippen LogP contribution in [0.2, 0.25) is 5.02 Å². The molecule has 0 saturated heterocycles. The summed E-state index contributed by atoms with van der Waals surface area (Å²) in [7, 11) is 0. The topological polar surface area (TPSA) is 66.4 Å². The summed E-state index contributed by atoms with van der Waals surface area (Å²) in [5.41, 5.74) is 1.43. The van der Waals surface area contributed by atoms with E-state index in [4.69, 9.17) is 16.7 Å². The third-order valence-electron chi connectivity index (χ3n) is 2.72. The van der Waals surface area contributed by atoms with Crippen molar-refractivity contribution in [1.29, 1.82) is 0 Å². The molecule has 2 aromatic carbocycles. The largest absolute Gasteiger partial charge is 0.478 e. The molecule has 106 valence electrons. The molecule has 2 N–H and O–H groups in total. The Kier molecular flexibility index (Phi) is 4.74. The van der Waals surface area contributed by atoms with Gasteiger partial charge in [0, 0.05) is 16.8 Å². The van der Waals surface area contributed by atoms with Gasteiger partial charge < -0.3 is 10.4 Å². The molecule has 0 unspecified atom stereocenters. The van der Waals surface area contributed by atoms with Crippen LogP contribution in [-0.2, 0) is 4.79 Å². The fraction of sp³-hybridized carbons (Fsp3) is 0. The first-order valence-corrected chi connectivity index (χ1v) is 6.51. The van der Waals surface area contributed by atoms with Gasteiger partial charge in [-0.2, -0.15) is 0 Å². The van der Waals surface area contributed by atoms with Crippen LogP contribution >= 0.6 is 11.6 Å². The zero-order valence-corrected chi connectivity index (χ0v) is 11.7. The summed E-state index contributed by atoms with van der Waals surface area (Å²) in [5.74, 6) is -1.33. The number of carbonyl (C=O) groups excluding carboxylic acids is 1. The summed E-state index contributed by atoms with van der Waals surface area (Å²) in [4.78, 5) is 22.5. The molecule has 0 aliphatic carbocycles. The zero-order chi connectivity index (χ0) is 15.2. The number of anilines is 1. The van der Waals surface area contributed by atoms with Crippen molar-refractivity contribution in [1.82, 2.24) is 0 Å². The number of carboxylic acids is 1. The van der Waals surface area contributed by atoms with E-state index in [0.717, 1.165) is 5.56 Å². The van der Waals surface area contributed by atoms with Crippen molar-refractivity contribution in [2.45, 2.75) is 0 Å². The summed E-state index contributed by atoms with van der Waals surface area (Å²) in [5, 5.41) is 12.0. The van der Waals surface area contributed by atoms with Crippen molar-refractivity contribution in [2.24, 2.45) is 0 Å². The lowest BCUT2D eigenvalue weighted by atomic mass is 10.2. The molecule has 1 amide bonds. The Balaban J connectivity index is 2.02. The number of benzene rings is 2. The first-order chi connectivity index (χ1) is 10.1. The van der Waals surface area contributed by atoms with Crippen LogP contribution in [0.15, 0.2) is 54.6 Å². The highest BCUT2D eigenvalue weighted by molar-refractivity contribution is 6.32. The summed E-state index contributed by atoms with van der Waals surface area (Å²) >= 11 is 5.98. The zero-order valence-electron chi connectivity index (χ0n) is 10.9. The molecule has 0 atom stereocenters. The van der Waals surface area contributed by atoms with Crippen molar-refractivity contribution in [3.8, 4) is 0 Å². The van der Waals surface area contributed by atoms with Gasteiger partial charge in [0.25, 0.3) is 0 Å². The quantitative estimate of drug-likeness (QED) is 0.846. The number of aromatic carboxylic acids is 1. The SMILES string of the molecule is O=C(/C=C/c1ccccc1Cl)Nc1ccc(C(=O)O)cc1. The third kappa shape index (κ3) is 4.19.